The lowest BCUT2D eigenvalue weighted by Gasteiger charge is -2.29. The van der Waals surface area contributed by atoms with E-state index in [0.717, 1.165) is 5.39 Å². The fourth-order valence-corrected chi connectivity index (χ4v) is 6.18. The van der Waals surface area contributed by atoms with Gasteiger partial charge in [-0.1, -0.05) is 29.4 Å². The summed E-state index contributed by atoms with van der Waals surface area (Å²) < 4.78 is 38.2. The van der Waals surface area contributed by atoms with E-state index in [-0.39, 0.29) is 36.8 Å². The Morgan fingerprint density at radius 1 is 1.10 bits per heavy atom. The number of nitrogens with one attached hydrogen (secondary N) is 1. The third-order valence-electron chi connectivity index (χ3n) is 5.21. The van der Waals surface area contributed by atoms with Gasteiger partial charge in [0.25, 0.3) is 15.9 Å². The van der Waals surface area contributed by atoms with Crippen LogP contribution in [0.2, 0.25) is 0 Å². The molecule has 1 fully saturated rings. The third-order valence-corrected chi connectivity index (χ3v) is 8.48. The standard InChI is InChI=1S/C20H18N4O5S2/c25-18(13-7-9-24(10-8-13)31(26,27)17-6-3-11-30-17)21-20-23-22-19(29-20)16-12-14-4-1-2-5-15(14)28-16/h1-6,11-13H,7-10H2,(H,21,23,25). The number of amides is 1. The highest BCUT2D eigenvalue weighted by Crippen LogP contribution is 2.29. The maximum atomic E-state index is 12.6. The number of hydrogen-bond donors (Lipinski definition) is 1. The summed E-state index contributed by atoms with van der Waals surface area (Å²) in [4.78, 5) is 12.6. The van der Waals surface area contributed by atoms with Gasteiger partial charge in [-0.25, -0.2) is 8.42 Å². The molecule has 0 aliphatic carbocycles. The number of nitrogens with zero attached hydrogens (tertiary/aromatic N) is 3. The molecule has 1 aliphatic rings. The number of anilines is 1. The molecule has 3 aromatic heterocycles. The Bertz CT molecular complexity index is 1290. The number of benzene rings is 1. The molecular weight excluding hydrogens is 440 g/mol. The van der Waals surface area contributed by atoms with E-state index in [1.807, 2.05) is 24.3 Å². The van der Waals surface area contributed by atoms with Gasteiger partial charge >= 0.3 is 6.01 Å². The molecule has 5 rings (SSSR count). The van der Waals surface area contributed by atoms with Gasteiger partial charge in [0.1, 0.15) is 9.79 Å². The molecular formula is C20H18N4O5S2. The molecule has 11 heteroatoms. The fraction of sp³-hybridized carbons (Fsp3) is 0.250. The number of piperidine rings is 1. The normalized spacial score (nSPS) is 16.0. The predicted octanol–water partition coefficient (Wildman–Crippen LogP) is 3.58. The van der Waals surface area contributed by atoms with Crippen molar-refractivity contribution in [2.75, 3.05) is 18.4 Å². The van der Waals surface area contributed by atoms with Gasteiger partial charge in [0.05, 0.1) is 0 Å². The van der Waals surface area contributed by atoms with Gasteiger partial charge in [0.2, 0.25) is 5.91 Å². The zero-order chi connectivity index (χ0) is 21.4. The second kappa shape index (κ2) is 7.91. The van der Waals surface area contributed by atoms with Gasteiger partial charge in [-0.3, -0.25) is 10.1 Å². The van der Waals surface area contributed by atoms with E-state index in [9.17, 15) is 13.2 Å². The van der Waals surface area contributed by atoms with Crippen LogP contribution in [0, 0.1) is 5.92 Å². The lowest BCUT2D eigenvalue weighted by atomic mass is 9.97. The van der Waals surface area contributed by atoms with E-state index in [1.165, 1.54) is 15.6 Å². The lowest BCUT2D eigenvalue weighted by Crippen LogP contribution is -2.41. The molecule has 1 amide bonds. The number of rotatable bonds is 5. The topological polar surface area (TPSA) is 119 Å². The minimum absolute atomic E-state index is 0.0194. The molecule has 0 radical (unpaired) electrons. The number of aromatic nitrogens is 2. The van der Waals surface area contributed by atoms with Gasteiger partial charge < -0.3 is 8.83 Å². The Balaban J connectivity index is 1.22. The number of fused-ring (bicyclic) bond motifs is 1. The molecule has 1 aromatic carbocycles. The second-order valence-electron chi connectivity index (χ2n) is 7.16. The Labute approximate surface area is 181 Å². The average molecular weight is 459 g/mol. The molecule has 4 heterocycles. The van der Waals surface area contributed by atoms with Crippen LogP contribution in [0.15, 0.2) is 60.9 Å². The van der Waals surface area contributed by atoms with Crippen molar-refractivity contribution in [3.8, 4) is 11.7 Å². The highest BCUT2D eigenvalue weighted by atomic mass is 32.2. The van der Waals surface area contributed by atoms with Gasteiger partial charge in [0.15, 0.2) is 5.76 Å². The van der Waals surface area contributed by atoms with Crippen LogP contribution in [0.1, 0.15) is 12.8 Å². The molecule has 1 N–H and O–H groups in total. The second-order valence-corrected chi connectivity index (χ2v) is 10.3. The molecule has 1 saturated heterocycles. The average Bonchev–Trinajstić information content (AvgIpc) is 3.53. The maximum Gasteiger partial charge on any atom is 0.322 e. The van der Waals surface area contributed by atoms with Crippen LogP contribution < -0.4 is 5.32 Å². The van der Waals surface area contributed by atoms with Crippen LogP contribution in [0.3, 0.4) is 0 Å². The van der Waals surface area contributed by atoms with Gasteiger partial charge in [0, 0.05) is 24.4 Å². The summed E-state index contributed by atoms with van der Waals surface area (Å²) in [6, 6.07) is 12.6. The van der Waals surface area contributed by atoms with Crippen molar-refractivity contribution in [2.24, 2.45) is 5.92 Å². The number of hydrogen-bond acceptors (Lipinski definition) is 8. The Morgan fingerprint density at radius 2 is 1.90 bits per heavy atom. The molecule has 9 nitrogen and oxygen atoms in total. The smallest absolute Gasteiger partial charge is 0.322 e. The molecule has 1 aliphatic heterocycles. The Hall–Kier alpha value is -3.02. The Morgan fingerprint density at radius 3 is 2.65 bits per heavy atom. The third kappa shape index (κ3) is 3.87. The van der Waals surface area contributed by atoms with Gasteiger partial charge in [-0.15, -0.1) is 16.4 Å². The molecule has 160 valence electrons. The number of thiophene rings is 1. The Kier molecular flexibility index (Phi) is 5.08. The number of furan rings is 1. The minimum Gasteiger partial charge on any atom is -0.451 e. The molecule has 0 spiro atoms. The van der Waals surface area contributed by atoms with Crippen LogP contribution in [0.5, 0.6) is 0 Å². The first kappa shape index (κ1) is 19.9. The van der Waals surface area contributed by atoms with Crippen molar-refractivity contribution < 1.29 is 22.0 Å². The van der Waals surface area contributed by atoms with Crippen LogP contribution in [-0.4, -0.2) is 41.9 Å². The molecule has 31 heavy (non-hydrogen) atoms. The van der Waals surface area contributed by atoms with Crippen molar-refractivity contribution in [1.29, 1.82) is 0 Å². The monoisotopic (exact) mass is 458 g/mol. The summed E-state index contributed by atoms with van der Waals surface area (Å²) in [7, 11) is -3.50. The summed E-state index contributed by atoms with van der Waals surface area (Å²) in [5, 5.41) is 13.1. The van der Waals surface area contributed by atoms with Crippen molar-refractivity contribution in [1.82, 2.24) is 14.5 Å². The van der Waals surface area contributed by atoms with Crippen LogP contribution in [-0.2, 0) is 14.8 Å². The highest BCUT2D eigenvalue weighted by molar-refractivity contribution is 7.91. The molecule has 4 aromatic rings. The van der Waals surface area contributed by atoms with E-state index in [4.69, 9.17) is 8.83 Å². The lowest BCUT2D eigenvalue weighted by molar-refractivity contribution is -0.121. The molecule has 0 bridgehead atoms. The van der Waals surface area contributed by atoms with E-state index in [1.54, 1.807) is 23.6 Å². The zero-order valence-electron chi connectivity index (χ0n) is 16.2. The molecule has 0 atom stereocenters. The van der Waals surface area contributed by atoms with Crippen LogP contribution in [0.25, 0.3) is 22.6 Å². The first-order valence-electron chi connectivity index (χ1n) is 9.68. The van der Waals surface area contributed by atoms with Crippen molar-refractivity contribution in [2.45, 2.75) is 17.1 Å². The van der Waals surface area contributed by atoms with E-state index >= 15 is 0 Å². The number of sulfonamides is 1. The summed E-state index contributed by atoms with van der Waals surface area (Å²) in [5.41, 5.74) is 0.700. The molecule has 0 saturated carbocycles. The molecule has 0 unspecified atom stereocenters. The summed E-state index contributed by atoms with van der Waals surface area (Å²) in [5.74, 6) is -0.0195. The van der Waals surface area contributed by atoms with E-state index < -0.39 is 10.0 Å². The number of para-hydroxylation sites is 1. The summed E-state index contributed by atoms with van der Waals surface area (Å²) in [6.45, 7) is 0.568. The zero-order valence-corrected chi connectivity index (χ0v) is 17.9. The quantitative estimate of drug-likeness (QED) is 0.485. The first-order valence-corrected chi connectivity index (χ1v) is 12.0. The minimum atomic E-state index is -3.50. The van der Waals surface area contributed by atoms with Crippen LogP contribution >= 0.6 is 11.3 Å². The fourth-order valence-electron chi connectivity index (χ4n) is 3.56. The largest absolute Gasteiger partial charge is 0.451 e. The van der Waals surface area contributed by atoms with E-state index in [2.05, 4.69) is 15.5 Å². The van der Waals surface area contributed by atoms with E-state index in [0.29, 0.717) is 28.4 Å². The number of carbonyl (C=O) groups excluding carboxylic acids is 1. The maximum absolute atomic E-state index is 12.6. The van der Waals surface area contributed by atoms with Gasteiger partial charge in [-0.2, -0.15) is 4.31 Å². The van der Waals surface area contributed by atoms with Crippen molar-refractivity contribution in [3.63, 3.8) is 0 Å². The van der Waals surface area contributed by atoms with Crippen molar-refractivity contribution >= 4 is 44.3 Å². The van der Waals surface area contributed by atoms with Crippen LogP contribution in [0.4, 0.5) is 6.01 Å². The van der Waals surface area contributed by atoms with Gasteiger partial charge in [-0.05, 0) is 36.4 Å². The highest BCUT2D eigenvalue weighted by Gasteiger charge is 2.33. The predicted molar refractivity (Wildman–Crippen MR) is 114 cm³/mol. The first-order chi connectivity index (χ1) is 15.0. The number of carbonyl (C=O) groups is 1. The van der Waals surface area contributed by atoms with Crippen molar-refractivity contribution in [3.05, 3.63) is 47.8 Å². The summed E-state index contributed by atoms with van der Waals surface area (Å²) >= 11 is 1.19. The summed E-state index contributed by atoms with van der Waals surface area (Å²) in [6.07, 6.45) is 0.835. The SMILES string of the molecule is O=C(Nc1nnc(-c2cc3ccccc3o2)o1)C1CCN(S(=O)(=O)c2cccs2)CC1.